The summed E-state index contributed by atoms with van der Waals surface area (Å²) in [6.45, 7) is 3.63. The Labute approximate surface area is 201 Å². The second kappa shape index (κ2) is 13.1. The molecule has 2 aromatic carbocycles. The maximum absolute atomic E-state index is 13.7. The molecular weight excluding hydrogens is 464 g/mol. The molecule has 9 heteroatoms. The Hall–Kier alpha value is -1.94. The molecule has 1 heterocycles. The van der Waals surface area contributed by atoms with Gasteiger partial charge in [0.15, 0.2) is 0 Å². The van der Waals surface area contributed by atoms with Gasteiger partial charge in [-0.25, -0.2) is 8.78 Å². The molecule has 0 aromatic heterocycles. The number of aliphatic hydroxyl groups excluding tert-OH is 1. The molecule has 0 radical (unpaired) electrons. The number of halogens is 2. The van der Waals surface area contributed by atoms with Crippen molar-refractivity contribution in [2.75, 3.05) is 24.6 Å². The van der Waals surface area contributed by atoms with E-state index in [0.29, 0.717) is 12.1 Å². The first-order valence-corrected chi connectivity index (χ1v) is 12.9. The molecule has 0 unspecified atom stereocenters. The van der Waals surface area contributed by atoms with Crippen LogP contribution in [0.3, 0.4) is 0 Å². The first-order valence-electron chi connectivity index (χ1n) is 10.9. The van der Waals surface area contributed by atoms with E-state index in [-0.39, 0.29) is 24.6 Å². The second-order valence-corrected chi connectivity index (χ2v) is 10.1. The molecule has 0 saturated heterocycles. The molecule has 0 spiro atoms. The van der Waals surface area contributed by atoms with Crippen LogP contribution in [-0.4, -0.2) is 52.1 Å². The molecule has 2 atom stereocenters. The molecule has 5 nitrogen and oxygen atoms in total. The first kappa shape index (κ1) is 25.7. The highest BCUT2D eigenvalue weighted by Crippen LogP contribution is 2.22. The van der Waals surface area contributed by atoms with Crippen LogP contribution in [0.15, 0.2) is 47.5 Å². The highest BCUT2D eigenvalue weighted by Gasteiger charge is 2.23. The van der Waals surface area contributed by atoms with Crippen LogP contribution in [0.25, 0.3) is 0 Å². The third-order valence-electron chi connectivity index (χ3n) is 5.16. The average Bonchev–Trinajstić information content (AvgIpc) is 3.30. The van der Waals surface area contributed by atoms with Crippen LogP contribution < -0.4 is 10.6 Å². The summed E-state index contributed by atoms with van der Waals surface area (Å²) >= 11 is 2.98. The molecule has 2 aromatic rings. The van der Waals surface area contributed by atoms with E-state index in [1.54, 1.807) is 11.8 Å². The molecule has 0 aliphatic carbocycles. The topological polar surface area (TPSA) is 73.7 Å². The zero-order valence-corrected chi connectivity index (χ0v) is 20.2. The monoisotopic (exact) mass is 493 g/mol. The lowest BCUT2D eigenvalue weighted by Gasteiger charge is -2.25. The third kappa shape index (κ3) is 8.73. The number of aryl methyl sites for hydroxylation is 1. The normalized spacial score (nSPS) is 15.2. The van der Waals surface area contributed by atoms with Crippen LogP contribution in [0.2, 0.25) is 0 Å². The van der Waals surface area contributed by atoms with Crippen LogP contribution in [0.5, 0.6) is 0 Å². The molecule has 3 N–H and O–H groups in total. The van der Waals surface area contributed by atoms with Crippen LogP contribution in [-0.2, 0) is 24.2 Å². The Morgan fingerprint density at radius 1 is 1.18 bits per heavy atom. The van der Waals surface area contributed by atoms with E-state index in [4.69, 9.17) is 0 Å². The summed E-state index contributed by atoms with van der Waals surface area (Å²) in [6, 6.07) is 10.7. The van der Waals surface area contributed by atoms with Crippen LogP contribution in [0.4, 0.5) is 8.78 Å². The summed E-state index contributed by atoms with van der Waals surface area (Å²) < 4.78 is 28.2. The summed E-state index contributed by atoms with van der Waals surface area (Å²) in [7, 11) is 0. The lowest BCUT2D eigenvalue weighted by Crippen LogP contribution is -2.49. The highest BCUT2D eigenvalue weighted by molar-refractivity contribution is 8.39. The maximum atomic E-state index is 13.7. The zero-order chi connectivity index (χ0) is 23.6. The van der Waals surface area contributed by atoms with Crippen LogP contribution in [0.1, 0.15) is 23.6 Å². The average molecular weight is 494 g/mol. The Morgan fingerprint density at radius 2 is 1.94 bits per heavy atom. The van der Waals surface area contributed by atoms with Crippen molar-refractivity contribution in [1.82, 2.24) is 10.6 Å². The van der Waals surface area contributed by atoms with Crippen molar-refractivity contribution in [2.24, 2.45) is 4.99 Å². The van der Waals surface area contributed by atoms with Crippen molar-refractivity contribution >= 4 is 33.8 Å². The minimum atomic E-state index is -0.946. The number of rotatable bonds is 11. The summed E-state index contributed by atoms with van der Waals surface area (Å²) in [6.07, 6.45) is 0.102. The lowest BCUT2D eigenvalue weighted by molar-refractivity contribution is -0.120. The minimum absolute atomic E-state index is 0.106. The Kier molecular flexibility index (Phi) is 10.2. The van der Waals surface area contributed by atoms with Gasteiger partial charge in [0, 0.05) is 24.9 Å². The Morgan fingerprint density at radius 3 is 2.64 bits per heavy atom. The number of amides is 1. The van der Waals surface area contributed by atoms with Crippen molar-refractivity contribution in [3.05, 3.63) is 70.8 Å². The highest BCUT2D eigenvalue weighted by atomic mass is 32.2. The number of nitrogens with zero attached hydrogens (tertiary/aromatic N) is 1. The van der Waals surface area contributed by atoms with Gasteiger partial charge in [-0.1, -0.05) is 54.7 Å². The molecule has 1 aliphatic heterocycles. The number of carbonyl (C=O) groups excluding carboxylic acids is 1. The number of nitrogens with one attached hydrogen (secondary N) is 2. The van der Waals surface area contributed by atoms with Gasteiger partial charge in [-0.15, -0.1) is 0 Å². The molecule has 178 valence electrons. The number of aliphatic hydroxyl groups is 1. The van der Waals surface area contributed by atoms with Gasteiger partial charge in [0.05, 0.1) is 24.4 Å². The van der Waals surface area contributed by atoms with Crippen molar-refractivity contribution < 1.29 is 18.7 Å². The third-order valence-corrected chi connectivity index (χ3v) is 7.41. The fourth-order valence-corrected chi connectivity index (χ4v) is 5.33. The number of hydrogen-bond donors (Lipinski definition) is 3. The van der Waals surface area contributed by atoms with Crippen molar-refractivity contribution in [2.45, 2.75) is 38.5 Å². The van der Waals surface area contributed by atoms with E-state index in [0.717, 1.165) is 34.7 Å². The molecule has 0 fully saturated rings. The fraction of sp³-hybridized carbons (Fsp3) is 0.417. The zero-order valence-electron chi connectivity index (χ0n) is 18.5. The summed E-state index contributed by atoms with van der Waals surface area (Å²) in [5.41, 5.74) is 2.70. The van der Waals surface area contributed by atoms with Gasteiger partial charge in [-0.2, -0.15) is 0 Å². The smallest absolute Gasteiger partial charge is 0.230 e. The van der Waals surface area contributed by atoms with Gasteiger partial charge in [0.1, 0.15) is 16.0 Å². The summed E-state index contributed by atoms with van der Waals surface area (Å²) in [5, 5.41) is 16.9. The number of hydrogen-bond acceptors (Lipinski definition) is 6. The van der Waals surface area contributed by atoms with Crippen LogP contribution >= 0.6 is 23.5 Å². The van der Waals surface area contributed by atoms with Crippen molar-refractivity contribution in [1.29, 1.82) is 0 Å². The predicted molar refractivity (Wildman–Crippen MR) is 133 cm³/mol. The maximum Gasteiger partial charge on any atom is 0.230 e. The minimum Gasteiger partial charge on any atom is -0.390 e. The lowest BCUT2D eigenvalue weighted by atomic mass is 10.0. The van der Waals surface area contributed by atoms with Gasteiger partial charge in [0.25, 0.3) is 0 Å². The van der Waals surface area contributed by atoms with Crippen molar-refractivity contribution in [3.8, 4) is 0 Å². The van der Waals surface area contributed by atoms with E-state index in [1.165, 1.54) is 29.5 Å². The molecule has 0 bridgehead atoms. The second-order valence-electron chi connectivity index (χ2n) is 7.81. The number of benzene rings is 2. The SMILES string of the molecule is CCc1cccc(CNC[C@@H](O)[C@H](Cc2cc(F)cc(F)c2)NC(=O)CSC2=NCCS2)c1. The number of carbonyl (C=O) groups is 1. The Bertz CT molecular complexity index is 954. The Balaban J connectivity index is 1.60. The van der Waals surface area contributed by atoms with Gasteiger partial charge < -0.3 is 15.7 Å². The largest absolute Gasteiger partial charge is 0.390 e. The summed E-state index contributed by atoms with van der Waals surface area (Å²) in [5.74, 6) is -0.546. The molecular formula is C24H29F2N3O2S2. The fourth-order valence-electron chi connectivity index (χ4n) is 3.51. The first-order chi connectivity index (χ1) is 15.9. The summed E-state index contributed by atoms with van der Waals surface area (Å²) in [4.78, 5) is 16.8. The quantitative estimate of drug-likeness (QED) is 0.447. The van der Waals surface area contributed by atoms with Gasteiger partial charge in [-0.3, -0.25) is 9.79 Å². The van der Waals surface area contributed by atoms with Gasteiger partial charge >= 0.3 is 0 Å². The van der Waals surface area contributed by atoms with Gasteiger partial charge in [-0.05, 0) is 41.7 Å². The van der Waals surface area contributed by atoms with E-state index in [1.807, 2.05) is 12.1 Å². The standard InChI is InChI=1S/C24H29F2N3O2S2/c1-2-16-4-3-5-17(8-16)13-27-14-22(30)21(11-18-9-19(25)12-20(26)10-18)29-23(31)15-33-24-28-6-7-32-24/h3-5,8-10,12,21-22,27,30H,2,6-7,11,13-15H2,1H3,(H,29,31)/t21-,22+/m0/s1. The molecule has 33 heavy (non-hydrogen) atoms. The van der Waals surface area contributed by atoms with E-state index in [9.17, 15) is 18.7 Å². The molecule has 1 aliphatic rings. The van der Waals surface area contributed by atoms with E-state index < -0.39 is 23.8 Å². The molecule has 3 rings (SSSR count). The van der Waals surface area contributed by atoms with E-state index >= 15 is 0 Å². The predicted octanol–water partition coefficient (Wildman–Crippen LogP) is 3.54. The van der Waals surface area contributed by atoms with Crippen LogP contribution in [0, 0.1) is 11.6 Å². The number of aliphatic imine (C=N–C) groups is 1. The molecule has 0 saturated carbocycles. The molecule has 1 amide bonds. The van der Waals surface area contributed by atoms with E-state index in [2.05, 4.69) is 34.7 Å². The van der Waals surface area contributed by atoms with Crippen molar-refractivity contribution in [3.63, 3.8) is 0 Å². The van der Waals surface area contributed by atoms with Gasteiger partial charge in [0.2, 0.25) is 5.91 Å². The number of thioether (sulfide) groups is 2.